The number of aliphatic imine (C=N–C) groups is 3. The van der Waals surface area contributed by atoms with Crippen molar-refractivity contribution in [2.24, 2.45) is 20.7 Å². The van der Waals surface area contributed by atoms with Gasteiger partial charge in [-0.2, -0.15) is 0 Å². The highest BCUT2D eigenvalue weighted by molar-refractivity contribution is 9.14. The van der Waals surface area contributed by atoms with Crippen molar-refractivity contribution >= 4 is 209 Å². The van der Waals surface area contributed by atoms with Crippen LogP contribution in [0.3, 0.4) is 0 Å². The zero-order valence-electron chi connectivity index (χ0n) is 39.0. The summed E-state index contributed by atoms with van der Waals surface area (Å²) in [5.74, 6) is -0.979. The van der Waals surface area contributed by atoms with E-state index in [0.29, 0.717) is 38.6 Å². The zero-order valence-corrected chi connectivity index (χ0v) is 54.1. The SMILES string of the molecule is C.C.CN1C(N)=N[C@](C)(c2sc(Br)c(Br)c2Cl)CS1(=O)=O.CN1C(NC(=O)OC(C)(C)C)=N[C@](C)(c2sc(Br)c(Br)c2Cl)CS1(=O)=O.CN1C(NC(=O)OC(C)(C)C)=N[C@](C)(c2sc(Br)cc2Cl)CS1(=O)=O. The van der Waals surface area contributed by atoms with Crippen LogP contribution in [0.1, 0.15) is 91.8 Å². The van der Waals surface area contributed by atoms with Crippen molar-refractivity contribution in [3.05, 3.63) is 56.1 Å². The van der Waals surface area contributed by atoms with Crippen LogP contribution in [0.2, 0.25) is 15.1 Å². The fraction of sp³-hybridized carbons (Fsp3) is 0.564. The summed E-state index contributed by atoms with van der Waals surface area (Å²) in [5, 5.41) is 6.09. The van der Waals surface area contributed by atoms with Crippen LogP contribution in [-0.4, -0.2) is 118 Å². The third kappa shape index (κ3) is 15.8. The Bertz CT molecular complexity index is 3020. The van der Waals surface area contributed by atoms with E-state index in [4.69, 9.17) is 50.0 Å². The highest BCUT2D eigenvalue weighted by Crippen LogP contribution is 2.50. The van der Waals surface area contributed by atoms with Gasteiger partial charge in [0, 0.05) is 21.1 Å². The van der Waals surface area contributed by atoms with Crippen LogP contribution in [0.25, 0.3) is 0 Å². The smallest absolute Gasteiger partial charge is 0.414 e. The number of ether oxygens (including phenoxy) is 2. The number of amides is 2. The molecule has 0 unspecified atom stereocenters. The van der Waals surface area contributed by atoms with Gasteiger partial charge in [0.25, 0.3) is 0 Å². The van der Waals surface area contributed by atoms with Crippen LogP contribution >= 0.6 is 148 Å². The molecule has 0 aromatic carbocycles. The van der Waals surface area contributed by atoms with Gasteiger partial charge in [-0.05, 0) is 148 Å². The standard InChI is InChI=1S/C14H18Br2ClN3O4S2.C14H19BrClN3O4S2.C9H10Br2ClN3O2S2.2CH4/c1-13(2,3)24-12(21)18-11-19-14(4,6-26(22,23)20(11)5)9-8(17)7(15)10(16)25-9;1-13(2,3)23-12(20)17-11-18-14(4,7-25(21,22)19(11)5)10-8(16)6-9(15)24-10;1-9(6-5(12)4(10)7(11)18-6)3-19(16,17)15(2)8(13)14-9;;/h6H2,1-5H3,(H,18,19,21);6H,7H2,1-5H3,(H,17,18,20);3H2,1-2H3,(H2,13,14);2*1H4/t2*14-;9-;;/m000../s1. The molecule has 72 heavy (non-hydrogen) atoms. The lowest BCUT2D eigenvalue weighted by Crippen LogP contribution is -2.53. The Labute approximate surface area is 491 Å². The van der Waals surface area contributed by atoms with Crippen molar-refractivity contribution < 1.29 is 44.3 Å². The van der Waals surface area contributed by atoms with E-state index in [2.05, 4.69) is 105 Å². The number of hydrogen-bond acceptors (Lipinski definition) is 17. The van der Waals surface area contributed by atoms with E-state index in [1.165, 1.54) is 55.2 Å². The number of nitrogens with zero attached hydrogens (tertiary/aromatic N) is 6. The van der Waals surface area contributed by atoms with E-state index in [-0.39, 0.29) is 50.0 Å². The Hall–Kier alpha value is -1.03. The van der Waals surface area contributed by atoms with Crippen LogP contribution in [-0.2, 0) is 56.2 Å². The summed E-state index contributed by atoms with van der Waals surface area (Å²) in [7, 11) is -6.88. The molecule has 6 heterocycles. The Morgan fingerprint density at radius 3 is 1.22 bits per heavy atom. The number of carbonyl (C=O) groups is 2. The Morgan fingerprint density at radius 2 is 0.944 bits per heavy atom. The predicted octanol–water partition coefficient (Wildman–Crippen LogP) is 11.8. The van der Waals surface area contributed by atoms with Gasteiger partial charge in [-0.25, -0.2) is 62.7 Å². The van der Waals surface area contributed by atoms with Gasteiger partial charge < -0.3 is 15.2 Å². The molecule has 3 aliphatic heterocycles. The Morgan fingerprint density at radius 1 is 0.625 bits per heavy atom. The molecule has 3 aromatic rings. The molecule has 3 aliphatic rings. The van der Waals surface area contributed by atoms with Gasteiger partial charge >= 0.3 is 12.2 Å². The first-order chi connectivity index (χ1) is 31.5. The molecule has 3 atom stereocenters. The second-order valence-corrected chi connectivity index (χ2v) is 33.8. The van der Waals surface area contributed by atoms with Gasteiger partial charge in [0.05, 0.1) is 67.3 Å². The van der Waals surface area contributed by atoms with Gasteiger partial charge in [0.15, 0.2) is 0 Å². The molecular formula is C39H55Br5Cl3N9O10S6. The van der Waals surface area contributed by atoms with Gasteiger partial charge in [0.2, 0.25) is 47.9 Å². The van der Waals surface area contributed by atoms with E-state index in [1.807, 2.05) is 0 Å². The van der Waals surface area contributed by atoms with Crippen molar-refractivity contribution in [1.82, 2.24) is 23.5 Å². The minimum atomic E-state index is -3.73. The normalized spacial score (nSPS) is 23.2. The van der Waals surface area contributed by atoms with E-state index in [1.54, 1.807) is 68.4 Å². The van der Waals surface area contributed by atoms with Crippen molar-refractivity contribution in [2.45, 2.75) is 105 Å². The quantitative estimate of drug-likeness (QED) is 0.222. The van der Waals surface area contributed by atoms with Crippen molar-refractivity contribution in [3.8, 4) is 0 Å². The number of hydrogen-bond donors (Lipinski definition) is 3. The largest absolute Gasteiger partial charge is 0.444 e. The number of sulfonamides is 3. The number of alkyl carbamates (subject to hydrolysis) is 2. The van der Waals surface area contributed by atoms with Crippen LogP contribution in [0.5, 0.6) is 0 Å². The molecule has 0 spiro atoms. The van der Waals surface area contributed by atoms with Crippen LogP contribution < -0.4 is 16.4 Å². The summed E-state index contributed by atoms with van der Waals surface area (Å²) in [5.41, 5.74) is 0.984. The van der Waals surface area contributed by atoms with E-state index < -0.39 is 70.1 Å². The lowest BCUT2D eigenvalue weighted by molar-refractivity contribution is 0.0546. The lowest BCUT2D eigenvalue weighted by atomic mass is 10.0. The summed E-state index contributed by atoms with van der Waals surface area (Å²) >= 11 is 39.5. The highest BCUT2D eigenvalue weighted by Gasteiger charge is 2.46. The van der Waals surface area contributed by atoms with Crippen molar-refractivity contribution in [1.29, 1.82) is 0 Å². The van der Waals surface area contributed by atoms with Gasteiger partial charge in [-0.15, -0.1) is 34.0 Å². The van der Waals surface area contributed by atoms with Crippen LogP contribution in [0.15, 0.2) is 41.3 Å². The van der Waals surface area contributed by atoms with Gasteiger partial charge in [-0.1, -0.05) is 49.7 Å². The number of halogens is 8. The minimum absolute atomic E-state index is 0. The number of nitrogens with one attached hydrogen (secondary N) is 2. The molecule has 33 heteroatoms. The summed E-state index contributed by atoms with van der Waals surface area (Å²) in [4.78, 5) is 39.2. The number of rotatable bonds is 3. The zero-order chi connectivity index (χ0) is 53.9. The first kappa shape index (κ1) is 67.1. The van der Waals surface area contributed by atoms with Crippen molar-refractivity contribution in [3.63, 3.8) is 0 Å². The fourth-order valence-corrected chi connectivity index (χ4v) is 18.6. The number of guanidine groups is 3. The molecule has 0 bridgehead atoms. The molecule has 0 aliphatic carbocycles. The number of thiophene rings is 3. The molecule has 408 valence electrons. The van der Waals surface area contributed by atoms with Crippen molar-refractivity contribution in [2.75, 3.05) is 38.4 Å². The fourth-order valence-electron chi connectivity index (χ4n) is 6.27. The highest BCUT2D eigenvalue weighted by atomic mass is 79.9. The molecular weight excluding hydrogens is 1450 g/mol. The topological polar surface area (TPSA) is 252 Å². The molecule has 0 saturated heterocycles. The Balaban J connectivity index is 0.000000369. The average Bonchev–Trinajstić information content (AvgIpc) is 3.76. The maximum Gasteiger partial charge on any atom is 0.414 e. The van der Waals surface area contributed by atoms with E-state index in [9.17, 15) is 34.8 Å². The molecule has 4 N–H and O–H groups in total. The van der Waals surface area contributed by atoms with Gasteiger partial charge in [-0.3, -0.25) is 10.6 Å². The first-order valence-corrected chi connectivity index (χ1v) is 32.0. The van der Waals surface area contributed by atoms with E-state index in [0.717, 1.165) is 24.3 Å². The maximum absolute atomic E-state index is 12.6. The molecule has 0 radical (unpaired) electrons. The second-order valence-electron chi connectivity index (χ2n) is 18.0. The molecule has 2 amide bonds. The van der Waals surface area contributed by atoms with E-state index >= 15 is 0 Å². The summed E-state index contributed by atoms with van der Waals surface area (Å²) in [6.45, 7) is 15.3. The first-order valence-electron chi connectivity index (χ1n) is 19.7. The molecule has 19 nitrogen and oxygen atoms in total. The summed E-state index contributed by atoms with van der Waals surface area (Å²) in [6.07, 6.45) is -1.57. The molecule has 0 fully saturated rings. The predicted molar refractivity (Wildman–Crippen MR) is 312 cm³/mol. The lowest BCUT2D eigenvalue weighted by Gasteiger charge is -2.35. The van der Waals surface area contributed by atoms with Gasteiger partial charge in [0.1, 0.15) is 27.8 Å². The third-order valence-electron chi connectivity index (χ3n) is 9.49. The number of carbonyl (C=O) groups excluding carboxylic acids is 2. The average molecular weight is 1510 g/mol. The summed E-state index contributed by atoms with van der Waals surface area (Å²) in [6, 6.07) is 1.69. The molecule has 6 rings (SSSR count). The third-order valence-corrected chi connectivity index (χ3v) is 26.4. The maximum atomic E-state index is 12.6. The molecule has 3 aromatic heterocycles. The second kappa shape index (κ2) is 23.9. The molecule has 0 saturated carbocycles. The van der Waals surface area contributed by atoms with Crippen LogP contribution in [0, 0.1) is 0 Å². The number of nitrogens with two attached hydrogens (primary N) is 1. The Kier molecular flexibility index (Phi) is 22.3. The monoisotopic (exact) mass is 1500 g/mol. The minimum Gasteiger partial charge on any atom is -0.444 e. The summed E-state index contributed by atoms with van der Waals surface area (Å²) < 4.78 is 91.4. The van der Waals surface area contributed by atoms with Crippen LogP contribution in [0.4, 0.5) is 9.59 Å².